The fraction of sp³-hybridized carbons (Fsp3) is 0.556. The maximum Gasteiger partial charge on any atom is 0.409 e. The van der Waals surface area contributed by atoms with Gasteiger partial charge in [0.05, 0.1) is 6.61 Å². The van der Waals surface area contributed by atoms with E-state index in [1.807, 2.05) is 6.92 Å². The summed E-state index contributed by atoms with van der Waals surface area (Å²) in [6.07, 6.45) is 1.79. The zero-order valence-corrected chi connectivity index (χ0v) is 13.9. The lowest BCUT2D eigenvalue weighted by Gasteiger charge is -2.31. The fourth-order valence-corrected chi connectivity index (χ4v) is 2.74. The van der Waals surface area contributed by atoms with Crippen molar-refractivity contribution >= 4 is 6.09 Å². The maximum absolute atomic E-state index is 11.7. The van der Waals surface area contributed by atoms with Crippen LogP contribution in [0.4, 0.5) is 4.79 Å². The first kappa shape index (κ1) is 16.8. The smallest absolute Gasteiger partial charge is 0.409 e. The second-order valence-corrected chi connectivity index (χ2v) is 6.04. The van der Waals surface area contributed by atoms with E-state index in [9.17, 15) is 4.79 Å². The van der Waals surface area contributed by atoms with E-state index < -0.39 is 0 Å². The predicted octanol–water partition coefficient (Wildman–Crippen LogP) is 3.36. The Kier molecular flexibility index (Phi) is 6.25. The van der Waals surface area contributed by atoms with Crippen molar-refractivity contribution in [3.8, 4) is 0 Å². The van der Waals surface area contributed by atoms with E-state index in [4.69, 9.17) is 4.74 Å². The highest BCUT2D eigenvalue weighted by Gasteiger charge is 2.23. The number of amides is 1. The summed E-state index contributed by atoms with van der Waals surface area (Å²) in [6.45, 7) is 8.99. The summed E-state index contributed by atoms with van der Waals surface area (Å²) in [4.78, 5) is 13.5. The molecule has 0 aromatic heterocycles. The van der Waals surface area contributed by atoms with Crippen molar-refractivity contribution in [1.82, 2.24) is 10.2 Å². The Balaban J connectivity index is 1.77. The van der Waals surface area contributed by atoms with Crippen LogP contribution >= 0.6 is 0 Å². The number of piperidine rings is 1. The average Bonchev–Trinajstić information content (AvgIpc) is 2.54. The van der Waals surface area contributed by atoms with Crippen LogP contribution in [0.1, 0.15) is 44.7 Å². The first-order valence-electron chi connectivity index (χ1n) is 8.14. The highest BCUT2D eigenvalue weighted by Crippen LogP contribution is 2.16. The maximum atomic E-state index is 11.7. The minimum absolute atomic E-state index is 0.178. The van der Waals surface area contributed by atoms with Crippen molar-refractivity contribution in [3.05, 3.63) is 41.3 Å². The second-order valence-electron chi connectivity index (χ2n) is 6.04. The van der Waals surface area contributed by atoms with Crippen molar-refractivity contribution in [2.45, 2.75) is 46.2 Å². The predicted molar refractivity (Wildman–Crippen MR) is 88.6 cm³/mol. The zero-order chi connectivity index (χ0) is 15.9. The van der Waals surface area contributed by atoms with Crippen LogP contribution in [-0.2, 0) is 11.3 Å². The summed E-state index contributed by atoms with van der Waals surface area (Å²) in [6, 6.07) is 9.14. The molecule has 22 heavy (non-hydrogen) atoms. The molecule has 0 bridgehead atoms. The van der Waals surface area contributed by atoms with Gasteiger partial charge in [0.2, 0.25) is 0 Å². The van der Waals surface area contributed by atoms with Gasteiger partial charge < -0.3 is 15.0 Å². The van der Waals surface area contributed by atoms with Crippen LogP contribution < -0.4 is 5.32 Å². The zero-order valence-electron chi connectivity index (χ0n) is 13.9. The van der Waals surface area contributed by atoms with Crippen molar-refractivity contribution in [1.29, 1.82) is 0 Å². The van der Waals surface area contributed by atoms with Gasteiger partial charge in [-0.3, -0.25) is 0 Å². The van der Waals surface area contributed by atoms with Crippen molar-refractivity contribution in [2.75, 3.05) is 19.7 Å². The van der Waals surface area contributed by atoms with Crippen molar-refractivity contribution in [2.24, 2.45) is 0 Å². The second kappa shape index (κ2) is 8.18. The van der Waals surface area contributed by atoms with E-state index in [1.54, 1.807) is 4.90 Å². The highest BCUT2D eigenvalue weighted by molar-refractivity contribution is 5.67. The molecule has 1 amide bonds. The topological polar surface area (TPSA) is 41.6 Å². The molecule has 1 radical (unpaired) electrons. The molecular formula is C18H27N2O2. The summed E-state index contributed by atoms with van der Waals surface area (Å²) in [5, 5.41) is 3.61. The molecule has 4 nitrogen and oxygen atoms in total. The molecule has 121 valence electrons. The lowest BCUT2D eigenvalue weighted by molar-refractivity contribution is 0.0950. The molecule has 0 spiro atoms. The molecule has 0 saturated carbocycles. The number of nitrogens with one attached hydrogen (secondary N) is 1. The highest BCUT2D eigenvalue weighted by atomic mass is 16.6. The largest absolute Gasteiger partial charge is 0.450 e. The Morgan fingerprint density at radius 3 is 2.68 bits per heavy atom. The number of nitrogens with zero attached hydrogens (tertiary/aromatic N) is 1. The molecule has 1 N–H and O–H groups in total. The average molecular weight is 303 g/mol. The van der Waals surface area contributed by atoms with Crippen molar-refractivity contribution in [3.63, 3.8) is 0 Å². The molecule has 1 aromatic rings. The van der Waals surface area contributed by atoms with E-state index in [-0.39, 0.29) is 6.09 Å². The van der Waals surface area contributed by atoms with Gasteiger partial charge in [0.1, 0.15) is 0 Å². The Hall–Kier alpha value is -1.55. The van der Waals surface area contributed by atoms with Gasteiger partial charge in [0, 0.05) is 25.7 Å². The van der Waals surface area contributed by atoms with Crippen LogP contribution in [0.3, 0.4) is 0 Å². The minimum atomic E-state index is -0.178. The van der Waals surface area contributed by atoms with Crippen molar-refractivity contribution < 1.29 is 9.53 Å². The van der Waals surface area contributed by atoms with Gasteiger partial charge in [-0.25, -0.2) is 4.79 Å². The van der Waals surface area contributed by atoms with Crippen LogP contribution in [0.5, 0.6) is 0 Å². The molecule has 1 saturated heterocycles. The summed E-state index contributed by atoms with van der Waals surface area (Å²) in [7, 11) is 0. The van der Waals surface area contributed by atoms with E-state index in [0.717, 1.165) is 32.5 Å². The number of rotatable bonds is 5. The Morgan fingerprint density at radius 2 is 2.05 bits per heavy atom. The molecule has 0 unspecified atom stereocenters. The summed E-state index contributed by atoms with van der Waals surface area (Å²) < 4.78 is 5.05. The van der Waals surface area contributed by atoms with Gasteiger partial charge in [-0.05, 0) is 36.8 Å². The molecule has 0 atom stereocenters. The lowest BCUT2D eigenvalue weighted by Crippen LogP contribution is -2.44. The number of ether oxygens (including phenoxy) is 1. The Labute approximate surface area is 133 Å². The van der Waals surface area contributed by atoms with E-state index in [1.165, 1.54) is 17.0 Å². The molecule has 4 heteroatoms. The third-order valence-corrected chi connectivity index (χ3v) is 4.12. The molecule has 1 aliphatic heterocycles. The normalized spacial score (nSPS) is 16.1. The summed E-state index contributed by atoms with van der Waals surface area (Å²) in [5.74, 6) is 1.34. The van der Waals surface area contributed by atoms with Gasteiger partial charge in [-0.15, -0.1) is 0 Å². The molecular weight excluding hydrogens is 276 g/mol. The van der Waals surface area contributed by atoms with Gasteiger partial charge in [-0.1, -0.05) is 38.1 Å². The minimum Gasteiger partial charge on any atom is -0.450 e. The number of hydrogen-bond donors (Lipinski definition) is 1. The van der Waals surface area contributed by atoms with Gasteiger partial charge in [0.25, 0.3) is 0 Å². The Bertz CT molecular complexity index is 480. The molecule has 1 heterocycles. The monoisotopic (exact) mass is 303 g/mol. The first-order valence-corrected chi connectivity index (χ1v) is 8.14. The van der Waals surface area contributed by atoms with E-state index in [2.05, 4.69) is 43.4 Å². The van der Waals surface area contributed by atoms with Crippen LogP contribution in [0, 0.1) is 5.92 Å². The van der Waals surface area contributed by atoms with Crippen LogP contribution in [0.25, 0.3) is 0 Å². The number of carbonyl (C=O) groups is 1. The third kappa shape index (κ3) is 4.73. The lowest BCUT2D eigenvalue weighted by atomic mass is 10.0. The fourth-order valence-electron chi connectivity index (χ4n) is 2.74. The van der Waals surface area contributed by atoms with Crippen LogP contribution in [0.2, 0.25) is 0 Å². The third-order valence-electron chi connectivity index (χ3n) is 4.12. The van der Waals surface area contributed by atoms with Gasteiger partial charge >= 0.3 is 6.09 Å². The van der Waals surface area contributed by atoms with Crippen LogP contribution in [0.15, 0.2) is 24.3 Å². The SMILES string of the molecule is CCOC(=O)N1CCC(NCc2cccc([C](C)C)c2)CC1. The first-order chi connectivity index (χ1) is 10.6. The number of benzene rings is 1. The van der Waals surface area contributed by atoms with E-state index >= 15 is 0 Å². The number of hydrogen-bond acceptors (Lipinski definition) is 3. The summed E-state index contributed by atoms with van der Waals surface area (Å²) >= 11 is 0. The van der Waals surface area contributed by atoms with Gasteiger partial charge in [-0.2, -0.15) is 0 Å². The molecule has 2 rings (SSSR count). The van der Waals surface area contributed by atoms with E-state index in [0.29, 0.717) is 12.6 Å². The number of carbonyl (C=O) groups excluding carboxylic acids is 1. The molecule has 1 aromatic carbocycles. The van der Waals surface area contributed by atoms with Gasteiger partial charge in [0.15, 0.2) is 0 Å². The molecule has 1 fully saturated rings. The number of likely N-dealkylation sites (tertiary alicyclic amines) is 1. The Morgan fingerprint density at radius 1 is 1.32 bits per heavy atom. The summed E-state index contributed by atoms with van der Waals surface area (Å²) in [5.41, 5.74) is 2.61. The molecule has 1 aliphatic rings. The quantitative estimate of drug-likeness (QED) is 0.907. The van der Waals surface area contributed by atoms with Crippen LogP contribution in [-0.4, -0.2) is 36.7 Å². The standard InChI is InChI=1S/C18H27N2O2/c1-4-22-18(21)20-10-8-17(9-11-20)19-13-15-6-5-7-16(12-15)14(2)3/h5-7,12,17,19H,4,8-11,13H2,1-3H3. The molecule has 0 aliphatic carbocycles.